The molecule has 0 unspecified atom stereocenters. The maximum Gasteiger partial charge on any atom is 0.410 e. The third-order valence-electron chi connectivity index (χ3n) is 12.4. The molecular weight excluding hydrogens is 1060 g/mol. The molecule has 7 aromatic rings. The number of piperidine rings is 2. The number of hydrogen-bond acceptors (Lipinski definition) is 12. The van der Waals surface area contributed by atoms with Crippen LogP contribution in [0.3, 0.4) is 0 Å². The summed E-state index contributed by atoms with van der Waals surface area (Å²) < 4.78 is 69.7. The molecule has 7 heterocycles. The Hall–Kier alpha value is -5.60. The van der Waals surface area contributed by atoms with Gasteiger partial charge in [0.15, 0.2) is 0 Å². The number of nitrogens with one attached hydrogen (secondary N) is 2. The van der Waals surface area contributed by atoms with Gasteiger partial charge in [-0.3, -0.25) is 5.10 Å². The predicted molar refractivity (Wildman–Crippen MR) is 287 cm³/mol. The number of carbonyl (C=O) groups excluding carboxylic acids is 1. The molecule has 3 fully saturated rings. The van der Waals surface area contributed by atoms with E-state index in [0.29, 0.717) is 65.1 Å². The first-order valence-corrected chi connectivity index (χ1v) is 26.0. The van der Waals surface area contributed by atoms with E-state index in [0.717, 1.165) is 71.8 Å². The van der Waals surface area contributed by atoms with Crippen LogP contribution >= 0.6 is 48.0 Å². The van der Waals surface area contributed by atoms with Crippen LogP contribution in [0.1, 0.15) is 88.1 Å². The summed E-state index contributed by atoms with van der Waals surface area (Å²) in [5, 5.41) is 16.2. The summed E-state index contributed by atoms with van der Waals surface area (Å²) in [4.78, 5) is 31.1. The van der Waals surface area contributed by atoms with Gasteiger partial charge in [0.05, 0.1) is 33.2 Å². The van der Waals surface area contributed by atoms with Crippen molar-refractivity contribution in [2.75, 3.05) is 39.4 Å². The van der Waals surface area contributed by atoms with Gasteiger partial charge in [-0.15, -0.1) is 24.8 Å². The SMILES string of the molecule is C1CCOC1.Cc1ccc(S(=O)(=O)n2nc(C3CCN(C(=O)OC(C)(C)C)CC3)c(-c3ccncn3)c2-c2ccc(Cl)cc2F)cc1.Cl.Cl.Fc1cc(Cl)ccc1-c1n[nH]c(C2CCNCC2)c1-c1ccncn1. The van der Waals surface area contributed by atoms with Crippen molar-refractivity contribution in [3.8, 4) is 45.0 Å². The smallest absolute Gasteiger partial charge is 0.410 e. The fraction of sp³-hybridized carbons (Fsp3) is 0.365. The van der Waals surface area contributed by atoms with Crippen molar-refractivity contribution in [2.45, 2.75) is 88.6 Å². The number of rotatable bonds is 8. The second kappa shape index (κ2) is 25.8. The Morgan fingerprint density at radius 3 is 1.85 bits per heavy atom. The van der Waals surface area contributed by atoms with E-state index in [9.17, 15) is 17.6 Å². The van der Waals surface area contributed by atoms with Gasteiger partial charge < -0.3 is 19.7 Å². The maximum absolute atomic E-state index is 15.6. The Kier molecular flexibility index (Phi) is 20.1. The number of nitrogens with zero attached hydrogens (tertiary/aromatic N) is 8. The maximum atomic E-state index is 15.6. The lowest BCUT2D eigenvalue weighted by Crippen LogP contribution is -2.41. The lowest BCUT2D eigenvalue weighted by molar-refractivity contribution is 0.0204. The summed E-state index contributed by atoms with van der Waals surface area (Å²) in [6.07, 6.45) is 11.2. The van der Waals surface area contributed by atoms with Crippen molar-refractivity contribution < 1.29 is 31.5 Å². The van der Waals surface area contributed by atoms with Crippen molar-refractivity contribution >= 4 is 64.1 Å². The first-order valence-electron chi connectivity index (χ1n) is 23.8. The summed E-state index contributed by atoms with van der Waals surface area (Å²) in [6, 6.07) is 18.5. The number of hydrogen-bond donors (Lipinski definition) is 2. The summed E-state index contributed by atoms with van der Waals surface area (Å²) in [5.41, 5.74) is 5.07. The highest BCUT2D eigenvalue weighted by Crippen LogP contribution is 2.44. The summed E-state index contributed by atoms with van der Waals surface area (Å²) in [7, 11) is -4.28. The van der Waals surface area contributed by atoms with E-state index in [2.05, 4.69) is 40.5 Å². The van der Waals surface area contributed by atoms with E-state index in [-0.39, 0.29) is 51.9 Å². The van der Waals surface area contributed by atoms with Crippen LogP contribution in [0.2, 0.25) is 10.0 Å². The number of benzene rings is 3. The second-order valence-electron chi connectivity index (χ2n) is 18.7. The topological polar surface area (TPSA) is 183 Å². The number of amides is 1. The Bertz CT molecular complexity index is 3070. The molecule has 10 rings (SSSR count). The van der Waals surface area contributed by atoms with Crippen molar-refractivity contribution in [3.05, 3.63) is 136 Å². The first-order chi connectivity index (χ1) is 34.6. The Balaban J connectivity index is 0.000000235. The van der Waals surface area contributed by atoms with E-state index < -0.39 is 33.4 Å². The molecule has 0 radical (unpaired) electrons. The number of aromatic amines is 1. The summed E-state index contributed by atoms with van der Waals surface area (Å²) in [5.74, 6) is -1.02. The van der Waals surface area contributed by atoms with E-state index in [1.807, 2.05) is 33.8 Å². The third-order valence-corrected chi connectivity index (χ3v) is 14.4. The van der Waals surface area contributed by atoms with Crippen molar-refractivity contribution in [2.24, 2.45) is 0 Å². The minimum Gasteiger partial charge on any atom is -0.444 e. The molecule has 0 bridgehead atoms. The summed E-state index contributed by atoms with van der Waals surface area (Å²) in [6.45, 7) is 12.0. The molecule has 4 aromatic heterocycles. The van der Waals surface area contributed by atoms with Crippen LogP contribution in [0.15, 0.2) is 103 Å². The lowest BCUT2D eigenvalue weighted by atomic mass is 9.89. The van der Waals surface area contributed by atoms with Gasteiger partial charge in [-0.25, -0.2) is 33.5 Å². The monoisotopic (exact) mass is 1110 g/mol. The van der Waals surface area contributed by atoms with Crippen molar-refractivity contribution in [1.29, 1.82) is 0 Å². The highest BCUT2D eigenvalue weighted by atomic mass is 35.5. The molecule has 3 saturated heterocycles. The minimum atomic E-state index is -4.28. The van der Waals surface area contributed by atoms with Gasteiger partial charge in [-0.05, 0) is 140 Å². The minimum absolute atomic E-state index is 0. The van der Waals surface area contributed by atoms with E-state index >= 15 is 4.39 Å². The molecule has 3 aliphatic rings. The molecule has 1 amide bonds. The number of carbonyl (C=O) groups is 1. The summed E-state index contributed by atoms with van der Waals surface area (Å²) >= 11 is 12.0. The van der Waals surface area contributed by atoms with Crippen LogP contribution in [0.4, 0.5) is 13.6 Å². The number of likely N-dealkylation sites (tertiary alicyclic amines) is 1. The average molecular weight is 1110 g/mol. The van der Waals surface area contributed by atoms with Crippen LogP contribution in [0.5, 0.6) is 0 Å². The normalized spacial score (nSPS) is 15.2. The molecule has 0 atom stereocenters. The molecule has 0 aliphatic carbocycles. The van der Waals surface area contributed by atoms with Gasteiger partial charge in [0.25, 0.3) is 10.0 Å². The number of H-pyrrole nitrogens is 1. The zero-order valence-electron chi connectivity index (χ0n) is 41.2. The quantitative estimate of drug-likeness (QED) is 0.147. The fourth-order valence-corrected chi connectivity index (χ4v) is 10.4. The molecule has 2 N–H and O–H groups in total. The van der Waals surface area contributed by atoms with Gasteiger partial charge in [-0.1, -0.05) is 40.9 Å². The number of aryl methyl sites for hydroxylation is 1. The largest absolute Gasteiger partial charge is 0.444 e. The number of aromatic nitrogens is 8. The number of ether oxygens (including phenoxy) is 2. The molecule has 15 nitrogen and oxygen atoms in total. The first kappa shape index (κ1) is 57.7. The zero-order chi connectivity index (χ0) is 51.0. The highest BCUT2D eigenvalue weighted by Gasteiger charge is 2.36. The van der Waals surface area contributed by atoms with E-state index in [4.69, 9.17) is 32.7 Å². The van der Waals surface area contributed by atoms with E-state index in [1.54, 1.807) is 41.4 Å². The molecule has 3 aliphatic heterocycles. The lowest BCUT2D eigenvalue weighted by Gasteiger charge is -2.33. The van der Waals surface area contributed by atoms with Gasteiger partial charge in [0.2, 0.25) is 0 Å². The molecular formula is C52H58Cl4F2N10O5S. The Labute approximate surface area is 452 Å². The number of halogens is 6. The third kappa shape index (κ3) is 13.8. The van der Waals surface area contributed by atoms with Crippen LogP contribution < -0.4 is 5.32 Å². The Morgan fingerprint density at radius 2 is 1.34 bits per heavy atom. The van der Waals surface area contributed by atoms with Crippen molar-refractivity contribution in [3.63, 3.8) is 0 Å². The molecule has 394 valence electrons. The fourth-order valence-electron chi connectivity index (χ4n) is 8.80. The van der Waals surface area contributed by atoms with Gasteiger partial charge in [0.1, 0.15) is 35.6 Å². The van der Waals surface area contributed by atoms with Crippen molar-refractivity contribution in [1.82, 2.24) is 49.5 Å². The zero-order valence-corrected chi connectivity index (χ0v) is 45.2. The molecule has 0 saturated carbocycles. The van der Waals surface area contributed by atoms with Gasteiger partial charge >= 0.3 is 6.09 Å². The Morgan fingerprint density at radius 1 is 0.770 bits per heavy atom. The van der Waals surface area contributed by atoms with E-state index in [1.165, 1.54) is 62.0 Å². The standard InChI is InChI=1S/C30H31ClFN5O4S.C18H17ClFN5.C4H8O.2ClH/c1-19-5-8-22(9-6-19)42(39,40)37-28(23-10-7-21(31)17-24(23)32)26(25-11-14-33-18-34-25)27(35-37)20-12-15-36(16-13-20)29(38)41-30(2,3)4;19-12-1-2-13(14(20)9-12)18-16(15-5-8-22-10-23-15)17(24-25-18)11-3-6-21-7-4-11;1-2-4-5-3-1;;/h5-11,14,17-18,20H,12-13,15-16H2,1-4H3;1-2,5,8-11,21H,3-4,6-7H2,(H,24,25);1-4H2;2*1H. The van der Waals surface area contributed by atoms with Crippen LogP contribution in [0, 0.1) is 18.6 Å². The molecule has 74 heavy (non-hydrogen) atoms. The highest BCUT2D eigenvalue weighted by molar-refractivity contribution is 7.90. The average Bonchev–Trinajstić information content (AvgIpc) is 4.18. The van der Waals surface area contributed by atoms with Crippen LogP contribution in [-0.4, -0.2) is 104 Å². The van der Waals surface area contributed by atoms with Crippen LogP contribution in [-0.2, 0) is 19.5 Å². The second-order valence-corrected chi connectivity index (χ2v) is 21.3. The van der Waals surface area contributed by atoms with Gasteiger partial charge in [-0.2, -0.15) is 22.7 Å². The van der Waals surface area contributed by atoms with Crippen LogP contribution in [0.25, 0.3) is 45.0 Å². The van der Waals surface area contributed by atoms with Gasteiger partial charge in [0, 0.05) is 83.0 Å². The molecule has 22 heteroatoms. The predicted octanol–water partition coefficient (Wildman–Crippen LogP) is 11.9. The molecule has 3 aromatic carbocycles. The molecule has 0 spiro atoms.